The van der Waals surface area contributed by atoms with Gasteiger partial charge in [-0.2, -0.15) is 0 Å². The van der Waals surface area contributed by atoms with Gasteiger partial charge >= 0.3 is 0 Å². The maximum atomic E-state index is 12.8. The number of nitrogens with one attached hydrogen (secondary N) is 1. The summed E-state index contributed by atoms with van der Waals surface area (Å²) in [6.45, 7) is 1.87. The van der Waals surface area contributed by atoms with Crippen molar-refractivity contribution in [3.8, 4) is 5.69 Å². The number of anilines is 1. The normalized spacial score (nSPS) is 10.7. The highest BCUT2D eigenvalue weighted by atomic mass is 35.5. The summed E-state index contributed by atoms with van der Waals surface area (Å²) in [7, 11) is 0. The number of amides is 1. The lowest BCUT2D eigenvalue weighted by molar-refractivity contribution is -0.384. The van der Waals surface area contributed by atoms with Crippen LogP contribution in [0.1, 0.15) is 21.7 Å². The van der Waals surface area contributed by atoms with Gasteiger partial charge in [0.05, 0.1) is 28.5 Å². The average molecular weight is 465 g/mol. The number of rotatable bonds is 6. The highest BCUT2D eigenvalue weighted by Crippen LogP contribution is 2.19. The van der Waals surface area contributed by atoms with Crippen molar-refractivity contribution in [2.24, 2.45) is 0 Å². The standard InChI is InChI=1S/C22H17ClN6O4/c1-14-21(25-26-28(14)17-6-4-7-18(11-17)29(32)33)22(31)24-16-9-10-20(30)27(13-16)12-15-5-2-3-8-19(15)23/h2-11,13H,12H2,1H3,(H,24,31). The first-order valence-corrected chi connectivity index (χ1v) is 10.1. The number of nitrogens with zero attached hydrogens (tertiary/aromatic N) is 5. The smallest absolute Gasteiger partial charge is 0.278 e. The van der Waals surface area contributed by atoms with Gasteiger partial charge in [0.2, 0.25) is 0 Å². The summed E-state index contributed by atoms with van der Waals surface area (Å²) in [5, 5.41) is 22.2. The fourth-order valence-corrected chi connectivity index (χ4v) is 3.45. The van der Waals surface area contributed by atoms with E-state index in [0.717, 1.165) is 5.56 Å². The summed E-state index contributed by atoms with van der Waals surface area (Å²) >= 11 is 6.19. The maximum absolute atomic E-state index is 12.8. The molecule has 166 valence electrons. The van der Waals surface area contributed by atoms with E-state index in [2.05, 4.69) is 15.6 Å². The van der Waals surface area contributed by atoms with Gasteiger partial charge in [0, 0.05) is 29.4 Å². The first-order chi connectivity index (χ1) is 15.8. The van der Waals surface area contributed by atoms with Crippen LogP contribution >= 0.6 is 11.6 Å². The van der Waals surface area contributed by atoms with Crippen molar-refractivity contribution in [2.75, 3.05) is 5.32 Å². The fourth-order valence-electron chi connectivity index (χ4n) is 3.25. The van der Waals surface area contributed by atoms with Crippen LogP contribution in [0.15, 0.2) is 71.7 Å². The quantitative estimate of drug-likeness (QED) is 0.343. The van der Waals surface area contributed by atoms with E-state index in [-0.39, 0.29) is 23.5 Å². The van der Waals surface area contributed by atoms with Crippen LogP contribution in [0.25, 0.3) is 5.69 Å². The minimum absolute atomic E-state index is 0.0466. The zero-order chi connectivity index (χ0) is 23.5. The average Bonchev–Trinajstić information content (AvgIpc) is 3.19. The van der Waals surface area contributed by atoms with Gasteiger partial charge in [-0.1, -0.05) is 41.1 Å². The van der Waals surface area contributed by atoms with Crippen LogP contribution in [0.3, 0.4) is 0 Å². The first kappa shape index (κ1) is 21.9. The van der Waals surface area contributed by atoms with Gasteiger partial charge in [-0.25, -0.2) is 4.68 Å². The van der Waals surface area contributed by atoms with Crippen molar-refractivity contribution in [3.05, 3.63) is 109 Å². The van der Waals surface area contributed by atoms with Crippen LogP contribution in [0.5, 0.6) is 0 Å². The van der Waals surface area contributed by atoms with Crippen molar-refractivity contribution in [2.45, 2.75) is 13.5 Å². The second kappa shape index (κ2) is 9.05. The Bertz CT molecular complexity index is 1430. The minimum Gasteiger partial charge on any atom is -0.319 e. The van der Waals surface area contributed by atoms with Gasteiger partial charge in [0.15, 0.2) is 5.69 Å². The molecule has 0 radical (unpaired) electrons. The highest BCUT2D eigenvalue weighted by molar-refractivity contribution is 6.31. The number of hydrogen-bond acceptors (Lipinski definition) is 6. The number of aromatic nitrogens is 4. The molecular weight excluding hydrogens is 448 g/mol. The van der Waals surface area contributed by atoms with E-state index in [4.69, 9.17) is 11.6 Å². The molecule has 0 fully saturated rings. The highest BCUT2D eigenvalue weighted by Gasteiger charge is 2.19. The number of carbonyl (C=O) groups excluding carboxylic acids is 1. The minimum atomic E-state index is -0.535. The topological polar surface area (TPSA) is 125 Å². The molecule has 0 bridgehead atoms. The van der Waals surface area contributed by atoms with E-state index in [0.29, 0.717) is 22.1 Å². The lowest BCUT2D eigenvalue weighted by Gasteiger charge is -2.10. The fraction of sp³-hybridized carbons (Fsp3) is 0.0909. The summed E-state index contributed by atoms with van der Waals surface area (Å²) in [6.07, 6.45) is 1.52. The molecule has 2 aromatic heterocycles. The molecule has 2 heterocycles. The molecule has 1 N–H and O–H groups in total. The summed E-state index contributed by atoms with van der Waals surface area (Å²) in [5.41, 5.74) is 1.65. The Labute approximate surface area is 192 Å². The number of non-ortho nitro benzene ring substituents is 1. The Kier molecular flexibility index (Phi) is 6.01. The molecule has 2 aromatic carbocycles. The largest absolute Gasteiger partial charge is 0.319 e. The van der Waals surface area contributed by atoms with E-state index in [1.807, 2.05) is 12.1 Å². The molecule has 4 aromatic rings. The van der Waals surface area contributed by atoms with Crippen LogP contribution in [-0.2, 0) is 6.54 Å². The Morgan fingerprint density at radius 3 is 2.70 bits per heavy atom. The lowest BCUT2D eigenvalue weighted by atomic mass is 10.2. The van der Waals surface area contributed by atoms with E-state index in [9.17, 15) is 19.7 Å². The number of nitro groups is 1. The monoisotopic (exact) mass is 464 g/mol. The first-order valence-electron chi connectivity index (χ1n) is 9.76. The maximum Gasteiger partial charge on any atom is 0.278 e. The van der Waals surface area contributed by atoms with Gasteiger partial charge in [0.25, 0.3) is 17.2 Å². The second-order valence-corrected chi connectivity index (χ2v) is 7.55. The van der Waals surface area contributed by atoms with Gasteiger partial charge in [0.1, 0.15) is 0 Å². The molecule has 0 saturated carbocycles. The molecule has 11 heteroatoms. The Balaban J connectivity index is 1.57. The molecule has 0 spiro atoms. The van der Waals surface area contributed by atoms with Crippen LogP contribution in [0.4, 0.5) is 11.4 Å². The number of pyridine rings is 1. The Hall–Kier alpha value is -4.31. The number of hydrogen-bond donors (Lipinski definition) is 1. The number of nitro benzene ring substituents is 1. The van der Waals surface area contributed by atoms with E-state index >= 15 is 0 Å². The van der Waals surface area contributed by atoms with Crippen molar-refractivity contribution in [3.63, 3.8) is 0 Å². The van der Waals surface area contributed by atoms with Crippen LogP contribution in [-0.4, -0.2) is 30.4 Å². The molecule has 4 rings (SSSR count). The molecule has 0 aliphatic heterocycles. The Morgan fingerprint density at radius 1 is 1.15 bits per heavy atom. The van der Waals surface area contributed by atoms with Gasteiger partial charge in [-0.3, -0.25) is 19.7 Å². The van der Waals surface area contributed by atoms with Crippen LogP contribution in [0.2, 0.25) is 5.02 Å². The molecular formula is C22H17ClN6O4. The van der Waals surface area contributed by atoms with Gasteiger partial charge < -0.3 is 9.88 Å². The predicted molar refractivity (Wildman–Crippen MR) is 122 cm³/mol. The molecule has 0 aliphatic rings. The molecule has 33 heavy (non-hydrogen) atoms. The molecule has 1 amide bonds. The lowest BCUT2D eigenvalue weighted by Crippen LogP contribution is -2.21. The van der Waals surface area contributed by atoms with Gasteiger partial charge in [-0.15, -0.1) is 5.10 Å². The number of halogens is 1. The van der Waals surface area contributed by atoms with E-state index in [1.54, 1.807) is 25.1 Å². The van der Waals surface area contributed by atoms with Crippen molar-refractivity contribution >= 4 is 28.9 Å². The van der Waals surface area contributed by atoms with Crippen molar-refractivity contribution in [1.29, 1.82) is 0 Å². The second-order valence-electron chi connectivity index (χ2n) is 7.14. The Morgan fingerprint density at radius 2 is 1.94 bits per heavy atom. The van der Waals surface area contributed by atoms with Gasteiger partial charge in [-0.05, 0) is 30.7 Å². The number of carbonyl (C=O) groups is 1. The van der Waals surface area contributed by atoms with Crippen molar-refractivity contribution in [1.82, 2.24) is 19.6 Å². The number of benzene rings is 2. The molecule has 10 nitrogen and oxygen atoms in total. The summed E-state index contributed by atoms with van der Waals surface area (Å²) in [5.74, 6) is -0.535. The summed E-state index contributed by atoms with van der Waals surface area (Å²) in [4.78, 5) is 35.6. The predicted octanol–water partition coefficient (Wildman–Crippen LogP) is 3.60. The molecule has 0 saturated heterocycles. The van der Waals surface area contributed by atoms with E-state index in [1.165, 1.54) is 45.8 Å². The van der Waals surface area contributed by atoms with Crippen LogP contribution < -0.4 is 10.9 Å². The third kappa shape index (κ3) is 4.65. The molecule has 0 aliphatic carbocycles. The summed E-state index contributed by atoms with van der Waals surface area (Å²) < 4.78 is 2.78. The zero-order valence-electron chi connectivity index (χ0n) is 17.3. The zero-order valence-corrected chi connectivity index (χ0v) is 18.1. The SMILES string of the molecule is Cc1c(C(=O)Nc2ccc(=O)n(Cc3ccccc3Cl)c2)nnn1-c1cccc([N+](=O)[O-])c1. The van der Waals surface area contributed by atoms with Crippen LogP contribution in [0, 0.1) is 17.0 Å². The molecule has 0 atom stereocenters. The third-order valence-electron chi connectivity index (χ3n) is 4.93. The van der Waals surface area contributed by atoms with E-state index < -0.39 is 10.8 Å². The van der Waals surface area contributed by atoms with Crippen molar-refractivity contribution < 1.29 is 9.72 Å². The summed E-state index contributed by atoms with van der Waals surface area (Å²) in [6, 6.07) is 15.9. The third-order valence-corrected chi connectivity index (χ3v) is 5.30. The molecule has 0 unspecified atom stereocenters.